The summed E-state index contributed by atoms with van der Waals surface area (Å²) in [4.78, 5) is 10.3. The molecule has 1 aliphatic heterocycles. The number of nitro benzene ring substituents is 1. The molecule has 0 aromatic heterocycles. The quantitative estimate of drug-likeness (QED) is 0.650. The molecule has 3 N–H and O–H groups in total. The highest BCUT2D eigenvalue weighted by Gasteiger charge is 2.27. The Morgan fingerprint density at radius 2 is 2.10 bits per heavy atom. The summed E-state index contributed by atoms with van der Waals surface area (Å²) < 4.78 is 10.3. The van der Waals surface area contributed by atoms with Crippen LogP contribution in [0.1, 0.15) is 24.4 Å². The van der Waals surface area contributed by atoms with Crippen LogP contribution < -0.4 is 10.5 Å². The largest absolute Gasteiger partial charge is 0.500 e. The minimum absolute atomic E-state index is 0. The van der Waals surface area contributed by atoms with Crippen molar-refractivity contribution in [1.29, 1.82) is 0 Å². The van der Waals surface area contributed by atoms with Gasteiger partial charge in [0.05, 0.1) is 12.0 Å². The van der Waals surface area contributed by atoms with Crippen LogP contribution in [0, 0.1) is 16.0 Å². The summed E-state index contributed by atoms with van der Waals surface area (Å²) in [6.07, 6.45) is 1.64. The number of nitrogens with two attached hydrogens (primary N) is 1. The number of nitrogens with zero attached hydrogens (tertiary/aromatic N) is 1. The molecular formula is C13H19ClN2O5. The highest BCUT2D eigenvalue weighted by Crippen LogP contribution is 2.40. The molecule has 0 aliphatic carbocycles. The van der Waals surface area contributed by atoms with E-state index in [0.717, 1.165) is 12.8 Å². The van der Waals surface area contributed by atoms with E-state index in [0.29, 0.717) is 18.8 Å². The summed E-state index contributed by atoms with van der Waals surface area (Å²) in [6.45, 7) is 1.30. The predicted octanol–water partition coefficient (Wildman–Crippen LogP) is 2.16. The Morgan fingerprint density at radius 1 is 1.48 bits per heavy atom. The van der Waals surface area contributed by atoms with Crippen LogP contribution in [0.4, 0.5) is 5.69 Å². The van der Waals surface area contributed by atoms with Crippen LogP contribution in [0.3, 0.4) is 0 Å². The molecule has 7 nitrogen and oxygen atoms in total. The number of hydrogen-bond acceptors (Lipinski definition) is 6. The summed E-state index contributed by atoms with van der Waals surface area (Å²) in [5, 5.41) is 20.7. The Hall–Kier alpha value is -1.57. The van der Waals surface area contributed by atoms with Crippen LogP contribution in [0.15, 0.2) is 12.1 Å². The maximum absolute atomic E-state index is 11.0. The van der Waals surface area contributed by atoms with Gasteiger partial charge in [-0.1, -0.05) is 0 Å². The smallest absolute Gasteiger partial charge is 0.314 e. The first-order valence-corrected chi connectivity index (χ1v) is 6.43. The van der Waals surface area contributed by atoms with Crippen molar-refractivity contribution in [2.24, 2.45) is 11.7 Å². The number of halogens is 1. The van der Waals surface area contributed by atoms with Gasteiger partial charge in [-0.15, -0.1) is 12.4 Å². The zero-order chi connectivity index (χ0) is 14.7. The summed E-state index contributed by atoms with van der Waals surface area (Å²) >= 11 is 0. The van der Waals surface area contributed by atoms with E-state index in [1.807, 2.05) is 0 Å². The Bertz CT molecular complexity index is 506. The van der Waals surface area contributed by atoms with Crippen LogP contribution in [0.25, 0.3) is 0 Å². The van der Waals surface area contributed by atoms with Gasteiger partial charge in [-0.3, -0.25) is 10.1 Å². The van der Waals surface area contributed by atoms with Gasteiger partial charge in [0, 0.05) is 25.3 Å². The Kier molecular flexibility index (Phi) is 6.19. The van der Waals surface area contributed by atoms with Gasteiger partial charge < -0.3 is 20.3 Å². The van der Waals surface area contributed by atoms with Crippen molar-refractivity contribution in [3.05, 3.63) is 27.8 Å². The molecule has 1 heterocycles. The standard InChI is InChI=1S/C13H18N2O5.ClH/c1-19-11-7-9(6-10(13(11)16)15(17)18)12(14)8-2-4-20-5-3-8;/h6-8,12,16H,2-5,14H2,1H3;1H/t12-;/m0./s1. The first kappa shape index (κ1) is 17.5. The summed E-state index contributed by atoms with van der Waals surface area (Å²) in [5.41, 5.74) is 6.41. The van der Waals surface area contributed by atoms with E-state index >= 15 is 0 Å². The lowest BCUT2D eigenvalue weighted by atomic mass is 9.87. The van der Waals surface area contributed by atoms with Crippen molar-refractivity contribution in [2.45, 2.75) is 18.9 Å². The van der Waals surface area contributed by atoms with Crippen molar-refractivity contribution in [2.75, 3.05) is 20.3 Å². The number of rotatable bonds is 4. The maximum atomic E-state index is 11.0. The lowest BCUT2D eigenvalue weighted by Gasteiger charge is -2.28. The molecule has 21 heavy (non-hydrogen) atoms. The number of nitro groups is 1. The van der Waals surface area contributed by atoms with E-state index in [-0.39, 0.29) is 35.8 Å². The molecule has 2 rings (SSSR count). The molecule has 1 atom stereocenters. The molecule has 0 bridgehead atoms. The average molecular weight is 319 g/mol. The fraction of sp³-hybridized carbons (Fsp3) is 0.538. The zero-order valence-corrected chi connectivity index (χ0v) is 12.5. The van der Waals surface area contributed by atoms with E-state index in [4.69, 9.17) is 15.2 Å². The number of aromatic hydroxyl groups is 1. The lowest BCUT2D eigenvalue weighted by molar-refractivity contribution is -0.386. The number of phenols is 1. The van der Waals surface area contributed by atoms with Gasteiger partial charge in [0.15, 0.2) is 5.75 Å². The van der Waals surface area contributed by atoms with Gasteiger partial charge in [-0.05, 0) is 30.4 Å². The molecule has 0 radical (unpaired) electrons. The number of phenolic OH excluding ortho intramolecular Hbond substituents is 1. The number of benzene rings is 1. The van der Waals surface area contributed by atoms with Gasteiger partial charge in [0.1, 0.15) is 0 Å². The molecule has 0 saturated carbocycles. The van der Waals surface area contributed by atoms with Crippen molar-refractivity contribution >= 4 is 18.1 Å². The van der Waals surface area contributed by atoms with Gasteiger partial charge in [-0.25, -0.2) is 0 Å². The molecule has 1 fully saturated rings. The third-order valence-corrected chi connectivity index (χ3v) is 3.65. The van der Waals surface area contributed by atoms with E-state index in [1.165, 1.54) is 13.2 Å². The van der Waals surface area contributed by atoms with Gasteiger partial charge >= 0.3 is 5.69 Å². The molecule has 0 unspecified atom stereocenters. The van der Waals surface area contributed by atoms with Gasteiger partial charge in [0.2, 0.25) is 5.75 Å². The molecular weight excluding hydrogens is 300 g/mol. The molecule has 1 aromatic rings. The summed E-state index contributed by atoms with van der Waals surface area (Å²) in [5.74, 6) is -0.199. The molecule has 0 spiro atoms. The highest BCUT2D eigenvalue weighted by atomic mass is 35.5. The molecule has 0 amide bonds. The SMILES string of the molecule is COc1cc([C@@H](N)C2CCOCC2)cc([N+](=O)[O-])c1O.Cl. The van der Waals surface area contributed by atoms with E-state index in [1.54, 1.807) is 6.07 Å². The van der Waals surface area contributed by atoms with Crippen molar-refractivity contribution < 1.29 is 19.5 Å². The minimum atomic E-state index is -0.641. The molecule has 1 aromatic carbocycles. The maximum Gasteiger partial charge on any atom is 0.314 e. The Labute approximate surface area is 128 Å². The fourth-order valence-corrected chi connectivity index (χ4v) is 2.45. The highest BCUT2D eigenvalue weighted by molar-refractivity contribution is 5.85. The van der Waals surface area contributed by atoms with Crippen LogP contribution in [-0.4, -0.2) is 30.4 Å². The van der Waals surface area contributed by atoms with Gasteiger partial charge in [-0.2, -0.15) is 0 Å². The van der Waals surface area contributed by atoms with Crippen molar-refractivity contribution in [3.8, 4) is 11.5 Å². The minimum Gasteiger partial charge on any atom is -0.500 e. The van der Waals surface area contributed by atoms with E-state index < -0.39 is 10.7 Å². The van der Waals surface area contributed by atoms with Crippen LogP contribution in [0.5, 0.6) is 11.5 Å². The monoisotopic (exact) mass is 318 g/mol. The van der Waals surface area contributed by atoms with E-state index in [9.17, 15) is 15.2 Å². The molecule has 1 aliphatic rings. The predicted molar refractivity (Wildman–Crippen MR) is 79.0 cm³/mol. The average Bonchev–Trinajstić information content (AvgIpc) is 2.47. The Morgan fingerprint density at radius 3 is 2.62 bits per heavy atom. The van der Waals surface area contributed by atoms with E-state index in [2.05, 4.69) is 0 Å². The van der Waals surface area contributed by atoms with Crippen molar-refractivity contribution in [1.82, 2.24) is 0 Å². The molecule has 1 saturated heterocycles. The van der Waals surface area contributed by atoms with Crippen LogP contribution in [0.2, 0.25) is 0 Å². The zero-order valence-electron chi connectivity index (χ0n) is 11.7. The fourth-order valence-electron chi connectivity index (χ4n) is 2.45. The second-order valence-electron chi connectivity index (χ2n) is 4.82. The summed E-state index contributed by atoms with van der Waals surface area (Å²) in [7, 11) is 1.35. The molecule has 8 heteroatoms. The Balaban J connectivity index is 0.00000220. The second kappa shape index (κ2) is 7.44. The number of methoxy groups -OCH3 is 1. The van der Waals surface area contributed by atoms with Crippen LogP contribution >= 0.6 is 12.4 Å². The number of hydrogen-bond donors (Lipinski definition) is 2. The normalized spacial score (nSPS) is 16.9. The topological polar surface area (TPSA) is 108 Å². The lowest BCUT2D eigenvalue weighted by Crippen LogP contribution is -2.27. The number of ether oxygens (including phenoxy) is 2. The second-order valence-corrected chi connectivity index (χ2v) is 4.82. The third kappa shape index (κ3) is 3.75. The first-order chi connectivity index (χ1) is 9.54. The molecule has 118 valence electrons. The van der Waals surface area contributed by atoms with Crippen molar-refractivity contribution in [3.63, 3.8) is 0 Å². The summed E-state index contributed by atoms with van der Waals surface area (Å²) in [6, 6.07) is 2.53. The van der Waals surface area contributed by atoms with Gasteiger partial charge in [0.25, 0.3) is 0 Å². The first-order valence-electron chi connectivity index (χ1n) is 6.43. The third-order valence-electron chi connectivity index (χ3n) is 3.65. The van der Waals surface area contributed by atoms with Crippen LogP contribution in [-0.2, 0) is 4.74 Å².